The second-order valence-electron chi connectivity index (χ2n) is 6.12. The molecule has 2 heterocycles. The minimum absolute atomic E-state index is 0. The van der Waals surface area contributed by atoms with Crippen LogP contribution in [0.15, 0.2) is 29.3 Å². The van der Waals surface area contributed by atoms with Crippen molar-refractivity contribution in [1.29, 1.82) is 0 Å². The summed E-state index contributed by atoms with van der Waals surface area (Å²) in [4.78, 5) is 18.4. The lowest BCUT2D eigenvalue weighted by molar-refractivity contribution is 0.0646. The van der Waals surface area contributed by atoms with Crippen LogP contribution in [-0.2, 0) is 4.74 Å². The highest BCUT2D eigenvalue weighted by atomic mass is 35.5. The molecule has 2 aliphatic heterocycles. The highest BCUT2D eigenvalue weighted by Crippen LogP contribution is 2.34. The number of hydrogen-bond donors (Lipinski definition) is 2. The highest BCUT2D eigenvalue weighted by Gasteiger charge is 2.39. The van der Waals surface area contributed by atoms with Crippen LogP contribution in [0, 0.1) is 0 Å². The number of benzene rings is 1. The van der Waals surface area contributed by atoms with Crippen LogP contribution < -0.4 is 11.1 Å². The maximum atomic E-state index is 12.0. The molecule has 1 spiro atoms. The Morgan fingerprint density at radius 1 is 1.35 bits per heavy atom. The molecular weight excluding hydrogens is 316 g/mol. The van der Waals surface area contributed by atoms with Gasteiger partial charge in [-0.1, -0.05) is 12.1 Å². The monoisotopic (exact) mass is 338 g/mol. The number of rotatable bonds is 1. The van der Waals surface area contributed by atoms with E-state index < -0.39 is 5.66 Å². The lowest BCUT2D eigenvalue weighted by Crippen LogP contribution is -2.52. The van der Waals surface area contributed by atoms with Gasteiger partial charge < -0.3 is 20.7 Å². The number of nitrogens with zero attached hydrogens (tertiary/aromatic N) is 2. The third-order valence-corrected chi connectivity index (χ3v) is 4.09. The topological polar surface area (TPSA) is 80.0 Å². The van der Waals surface area contributed by atoms with Crippen LogP contribution >= 0.6 is 12.4 Å². The zero-order chi connectivity index (χ0) is 15.7. The molecule has 0 bridgehead atoms. The predicted octanol–water partition coefficient (Wildman–Crippen LogP) is 2.58. The van der Waals surface area contributed by atoms with Gasteiger partial charge in [-0.05, 0) is 26.0 Å². The number of para-hydroxylation sites is 1. The van der Waals surface area contributed by atoms with E-state index in [0.717, 1.165) is 24.1 Å². The number of halogens is 1. The molecule has 3 rings (SSSR count). The first-order chi connectivity index (χ1) is 10.5. The van der Waals surface area contributed by atoms with Gasteiger partial charge in [0.25, 0.3) is 0 Å². The Bertz CT molecular complexity index is 610. The van der Waals surface area contributed by atoms with Gasteiger partial charge in [0.2, 0.25) is 0 Å². The minimum Gasteiger partial charge on any atom is -0.447 e. The Balaban J connectivity index is 0.00000192. The first-order valence-electron chi connectivity index (χ1n) is 7.68. The number of amides is 1. The molecule has 2 aliphatic rings. The maximum Gasteiger partial charge on any atom is 0.410 e. The number of piperidine rings is 1. The van der Waals surface area contributed by atoms with Gasteiger partial charge in [0, 0.05) is 37.2 Å². The fraction of sp³-hybridized carbons (Fsp3) is 0.500. The summed E-state index contributed by atoms with van der Waals surface area (Å²) in [6, 6.07) is 7.90. The predicted molar refractivity (Wildman–Crippen MR) is 93.2 cm³/mol. The molecule has 0 radical (unpaired) electrons. The third-order valence-electron chi connectivity index (χ3n) is 4.09. The Morgan fingerprint density at radius 3 is 2.65 bits per heavy atom. The van der Waals surface area contributed by atoms with Crippen molar-refractivity contribution in [1.82, 2.24) is 4.90 Å². The van der Waals surface area contributed by atoms with Gasteiger partial charge in [-0.3, -0.25) is 0 Å². The number of carbonyl (C=O) groups excluding carboxylic acids is 1. The number of hydrogen-bond acceptors (Lipinski definition) is 5. The first-order valence-corrected chi connectivity index (χ1v) is 7.68. The molecule has 1 fully saturated rings. The van der Waals surface area contributed by atoms with Gasteiger partial charge in [-0.2, -0.15) is 0 Å². The molecular formula is C16H23ClN4O2. The number of nitrogens with two attached hydrogens (primary N) is 1. The van der Waals surface area contributed by atoms with Crippen LogP contribution in [0.4, 0.5) is 10.5 Å². The molecule has 1 amide bonds. The molecule has 7 heteroatoms. The lowest BCUT2D eigenvalue weighted by atomic mass is 9.94. The molecule has 1 aromatic carbocycles. The van der Waals surface area contributed by atoms with Crippen molar-refractivity contribution in [3.63, 3.8) is 0 Å². The van der Waals surface area contributed by atoms with Crippen molar-refractivity contribution in [3.05, 3.63) is 29.8 Å². The van der Waals surface area contributed by atoms with E-state index in [1.807, 2.05) is 38.1 Å². The average molecular weight is 339 g/mol. The quantitative estimate of drug-likeness (QED) is 0.824. The Morgan fingerprint density at radius 2 is 2.00 bits per heavy atom. The van der Waals surface area contributed by atoms with E-state index in [9.17, 15) is 4.79 Å². The van der Waals surface area contributed by atoms with Gasteiger partial charge in [0.1, 0.15) is 11.5 Å². The number of aliphatic imine (C=N–C) groups is 1. The van der Waals surface area contributed by atoms with Gasteiger partial charge in [-0.25, -0.2) is 9.79 Å². The second-order valence-corrected chi connectivity index (χ2v) is 6.12. The molecule has 126 valence electrons. The van der Waals surface area contributed by atoms with Crippen molar-refractivity contribution in [3.8, 4) is 0 Å². The van der Waals surface area contributed by atoms with Gasteiger partial charge >= 0.3 is 6.09 Å². The molecule has 0 saturated carbocycles. The molecule has 0 unspecified atom stereocenters. The summed E-state index contributed by atoms with van der Waals surface area (Å²) in [5, 5.41) is 3.50. The van der Waals surface area contributed by atoms with E-state index in [0.29, 0.717) is 18.9 Å². The van der Waals surface area contributed by atoms with E-state index in [1.165, 1.54) is 0 Å². The largest absolute Gasteiger partial charge is 0.447 e. The fourth-order valence-corrected chi connectivity index (χ4v) is 2.96. The average Bonchev–Trinajstić information content (AvgIpc) is 2.47. The van der Waals surface area contributed by atoms with Crippen LogP contribution in [0.1, 0.15) is 32.3 Å². The zero-order valence-corrected chi connectivity index (χ0v) is 14.2. The Labute approximate surface area is 142 Å². The SMILES string of the molecule is CC(C)OC(=O)N1CCC2(CC1)N=C(N)c1ccccc1N2.Cl. The summed E-state index contributed by atoms with van der Waals surface area (Å²) < 4.78 is 5.25. The lowest BCUT2D eigenvalue weighted by Gasteiger charge is -2.42. The number of nitrogens with one attached hydrogen (secondary N) is 1. The third kappa shape index (κ3) is 3.52. The molecule has 23 heavy (non-hydrogen) atoms. The van der Waals surface area contributed by atoms with E-state index in [1.54, 1.807) is 4.90 Å². The fourth-order valence-electron chi connectivity index (χ4n) is 2.96. The Kier molecular flexibility index (Phi) is 5.04. The summed E-state index contributed by atoms with van der Waals surface area (Å²) in [6.07, 6.45) is 1.08. The number of carbonyl (C=O) groups is 1. The highest BCUT2D eigenvalue weighted by molar-refractivity contribution is 6.04. The molecule has 0 atom stereocenters. The molecule has 1 saturated heterocycles. The van der Waals surface area contributed by atoms with Crippen LogP contribution in [0.25, 0.3) is 0 Å². The van der Waals surface area contributed by atoms with Crippen LogP contribution in [0.5, 0.6) is 0 Å². The summed E-state index contributed by atoms with van der Waals surface area (Å²) in [5.41, 5.74) is 7.65. The number of anilines is 1. The van der Waals surface area contributed by atoms with Gasteiger partial charge in [0.15, 0.2) is 0 Å². The van der Waals surface area contributed by atoms with E-state index in [2.05, 4.69) is 10.3 Å². The van der Waals surface area contributed by atoms with E-state index >= 15 is 0 Å². The number of fused-ring (bicyclic) bond motifs is 1. The van der Waals surface area contributed by atoms with E-state index in [-0.39, 0.29) is 24.6 Å². The van der Waals surface area contributed by atoms with Crippen molar-refractivity contribution >= 4 is 30.0 Å². The van der Waals surface area contributed by atoms with Gasteiger partial charge in [-0.15, -0.1) is 12.4 Å². The summed E-state index contributed by atoms with van der Waals surface area (Å²) in [5.74, 6) is 0.563. The summed E-state index contributed by atoms with van der Waals surface area (Å²) in [7, 11) is 0. The number of ether oxygens (including phenoxy) is 1. The van der Waals surface area contributed by atoms with Crippen molar-refractivity contribution < 1.29 is 9.53 Å². The molecule has 6 nitrogen and oxygen atoms in total. The Hall–Kier alpha value is -1.95. The van der Waals surface area contributed by atoms with Gasteiger partial charge in [0.05, 0.1) is 6.10 Å². The van der Waals surface area contributed by atoms with Crippen molar-refractivity contribution in [2.24, 2.45) is 10.7 Å². The summed E-state index contributed by atoms with van der Waals surface area (Å²) in [6.45, 7) is 4.93. The first kappa shape index (κ1) is 17.4. The smallest absolute Gasteiger partial charge is 0.410 e. The van der Waals surface area contributed by atoms with Crippen LogP contribution in [0.2, 0.25) is 0 Å². The molecule has 0 aliphatic carbocycles. The number of likely N-dealkylation sites (tertiary alicyclic amines) is 1. The second kappa shape index (κ2) is 6.66. The van der Waals surface area contributed by atoms with Crippen molar-refractivity contribution in [2.75, 3.05) is 18.4 Å². The molecule has 0 aromatic heterocycles. The maximum absolute atomic E-state index is 12.0. The van der Waals surface area contributed by atoms with E-state index in [4.69, 9.17) is 10.5 Å². The minimum atomic E-state index is -0.410. The normalized spacial score (nSPS) is 18.6. The molecule has 1 aromatic rings. The molecule has 3 N–H and O–H groups in total. The van der Waals surface area contributed by atoms with Crippen LogP contribution in [0.3, 0.4) is 0 Å². The summed E-state index contributed by atoms with van der Waals surface area (Å²) >= 11 is 0. The zero-order valence-electron chi connectivity index (χ0n) is 13.4. The number of amidine groups is 1. The van der Waals surface area contributed by atoms with Crippen LogP contribution in [-0.4, -0.2) is 41.7 Å². The van der Waals surface area contributed by atoms with Crippen molar-refractivity contribution in [2.45, 2.75) is 38.5 Å². The standard InChI is InChI=1S/C16H22N4O2.ClH/c1-11(2)22-15(21)20-9-7-16(8-10-20)18-13-6-4-3-5-12(13)14(17)19-16;/h3-6,11,18H,7-10H2,1-2H3,(H2,17,19);1H.